The number of nitrogens with one attached hydrogen (secondary N) is 2. The lowest BCUT2D eigenvalue weighted by molar-refractivity contribution is -0.113. The van der Waals surface area contributed by atoms with Gasteiger partial charge in [0.25, 0.3) is 5.56 Å². The highest BCUT2D eigenvalue weighted by Gasteiger charge is 2.08. The summed E-state index contributed by atoms with van der Waals surface area (Å²) in [6.45, 7) is 3.99. The van der Waals surface area contributed by atoms with Crippen LogP contribution in [0, 0.1) is 10.5 Å². The molecule has 0 bridgehead atoms. The standard InChI is InChI=1S/C16H18IN3O2S/c1-3-4-12-8-14(21)20-16(18-12)23-9-15(22)19-13-6-5-11(17)7-10(13)2/h5-8H,3-4,9H2,1-2H3,(H,19,22)(H,18,20,21). The molecule has 122 valence electrons. The average Bonchev–Trinajstić information content (AvgIpc) is 2.48. The average molecular weight is 443 g/mol. The van der Waals surface area contributed by atoms with Gasteiger partial charge in [-0.15, -0.1) is 0 Å². The minimum atomic E-state index is -0.181. The molecule has 5 nitrogen and oxygen atoms in total. The van der Waals surface area contributed by atoms with E-state index in [1.54, 1.807) is 0 Å². The van der Waals surface area contributed by atoms with E-state index in [0.717, 1.165) is 33.4 Å². The highest BCUT2D eigenvalue weighted by molar-refractivity contribution is 14.1. The van der Waals surface area contributed by atoms with Crippen LogP contribution in [0.4, 0.5) is 5.69 Å². The van der Waals surface area contributed by atoms with Crippen molar-refractivity contribution in [2.75, 3.05) is 11.1 Å². The number of hydrogen-bond acceptors (Lipinski definition) is 4. The van der Waals surface area contributed by atoms with E-state index in [2.05, 4.69) is 37.9 Å². The Balaban J connectivity index is 1.97. The molecule has 0 fully saturated rings. The van der Waals surface area contributed by atoms with Gasteiger partial charge in [0, 0.05) is 21.0 Å². The number of anilines is 1. The first-order chi connectivity index (χ1) is 11.0. The van der Waals surface area contributed by atoms with Crippen LogP contribution in [0.5, 0.6) is 0 Å². The van der Waals surface area contributed by atoms with Gasteiger partial charge in [0.1, 0.15) is 0 Å². The maximum Gasteiger partial charge on any atom is 0.251 e. The molecule has 0 atom stereocenters. The van der Waals surface area contributed by atoms with E-state index in [1.807, 2.05) is 32.0 Å². The summed E-state index contributed by atoms with van der Waals surface area (Å²) in [5.41, 5.74) is 2.40. The summed E-state index contributed by atoms with van der Waals surface area (Å²) in [4.78, 5) is 30.7. The summed E-state index contributed by atoms with van der Waals surface area (Å²) in [7, 11) is 0. The molecule has 0 aliphatic heterocycles. The van der Waals surface area contributed by atoms with Crippen molar-refractivity contribution < 1.29 is 4.79 Å². The van der Waals surface area contributed by atoms with Crippen LogP contribution in [0.25, 0.3) is 0 Å². The number of benzene rings is 1. The molecule has 2 rings (SSSR count). The quantitative estimate of drug-likeness (QED) is 0.408. The van der Waals surface area contributed by atoms with Crippen molar-refractivity contribution in [3.63, 3.8) is 0 Å². The third-order valence-electron chi connectivity index (χ3n) is 3.08. The second kappa shape index (κ2) is 8.49. The first-order valence-electron chi connectivity index (χ1n) is 7.27. The fourth-order valence-electron chi connectivity index (χ4n) is 2.02. The minimum absolute atomic E-state index is 0.122. The summed E-state index contributed by atoms with van der Waals surface area (Å²) in [5.74, 6) is 0.0760. The Kier molecular flexibility index (Phi) is 6.64. The zero-order valence-corrected chi connectivity index (χ0v) is 16.0. The largest absolute Gasteiger partial charge is 0.325 e. The zero-order chi connectivity index (χ0) is 16.8. The van der Waals surface area contributed by atoms with E-state index in [9.17, 15) is 9.59 Å². The van der Waals surface area contributed by atoms with Crippen LogP contribution < -0.4 is 10.9 Å². The van der Waals surface area contributed by atoms with E-state index in [4.69, 9.17) is 0 Å². The number of amides is 1. The number of rotatable bonds is 6. The van der Waals surface area contributed by atoms with Gasteiger partial charge >= 0.3 is 0 Å². The highest BCUT2D eigenvalue weighted by Crippen LogP contribution is 2.19. The van der Waals surface area contributed by atoms with Crippen molar-refractivity contribution in [2.24, 2.45) is 0 Å². The fourth-order valence-corrected chi connectivity index (χ4v) is 3.37. The van der Waals surface area contributed by atoms with E-state index in [0.29, 0.717) is 5.16 Å². The fraction of sp³-hybridized carbons (Fsp3) is 0.312. The van der Waals surface area contributed by atoms with E-state index < -0.39 is 0 Å². The van der Waals surface area contributed by atoms with Gasteiger partial charge < -0.3 is 10.3 Å². The smallest absolute Gasteiger partial charge is 0.251 e. The molecule has 1 aromatic carbocycles. The molecule has 2 N–H and O–H groups in total. The zero-order valence-electron chi connectivity index (χ0n) is 13.0. The van der Waals surface area contributed by atoms with Crippen molar-refractivity contribution >= 4 is 45.9 Å². The summed E-state index contributed by atoms with van der Waals surface area (Å²) in [6, 6.07) is 7.35. The van der Waals surface area contributed by atoms with Gasteiger partial charge in [-0.25, -0.2) is 4.98 Å². The number of hydrogen-bond donors (Lipinski definition) is 2. The summed E-state index contributed by atoms with van der Waals surface area (Å²) < 4.78 is 1.13. The van der Waals surface area contributed by atoms with Gasteiger partial charge in [-0.2, -0.15) is 0 Å². The van der Waals surface area contributed by atoms with Gasteiger partial charge in [-0.3, -0.25) is 9.59 Å². The van der Waals surface area contributed by atoms with Crippen molar-refractivity contribution in [1.82, 2.24) is 9.97 Å². The monoisotopic (exact) mass is 443 g/mol. The second-order valence-electron chi connectivity index (χ2n) is 5.09. The number of carbonyl (C=O) groups is 1. The lowest BCUT2D eigenvalue weighted by Gasteiger charge is -2.08. The van der Waals surface area contributed by atoms with Gasteiger partial charge in [-0.05, 0) is 59.7 Å². The van der Waals surface area contributed by atoms with Gasteiger partial charge in [0.15, 0.2) is 5.16 Å². The van der Waals surface area contributed by atoms with E-state index in [1.165, 1.54) is 17.8 Å². The minimum Gasteiger partial charge on any atom is -0.325 e. The third kappa shape index (κ3) is 5.65. The maximum absolute atomic E-state index is 12.1. The van der Waals surface area contributed by atoms with Crippen LogP contribution in [0.1, 0.15) is 24.6 Å². The Morgan fingerprint density at radius 3 is 2.87 bits per heavy atom. The molecule has 0 saturated carbocycles. The molecule has 0 spiro atoms. The molecular weight excluding hydrogens is 425 g/mol. The van der Waals surface area contributed by atoms with Crippen LogP contribution in [-0.2, 0) is 11.2 Å². The van der Waals surface area contributed by atoms with Crippen molar-refractivity contribution in [1.29, 1.82) is 0 Å². The topological polar surface area (TPSA) is 74.8 Å². The third-order valence-corrected chi connectivity index (χ3v) is 4.63. The first kappa shape index (κ1) is 18.0. The lowest BCUT2D eigenvalue weighted by atomic mass is 10.2. The van der Waals surface area contributed by atoms with Crippen molar-refractivity contribution in [2.45, 2.75) is 31.8 Å². The molecule has 0 unspecified atom stereocenters. The predicted molar refractivity (Wildman–Crippen MR) is 102 cm³/mol. The highest BCUT2D eigenvalue weighted by atomic mass is 127. The van der Waals surface area contributed by atoms with Crippen LogP contribution in [-0.4, -0.2) is 21.6 Å². The van der Waals surface area contributed by atoms with Crippen LogP contribution >= 0.6 is 34.4 Å². The Labute approximate surface area is 152 Å². The summed E-state index contributed by atoms with van der Waals surface area (Å²) in [6.07, 6.45) is 1.68. The first-order valence-corrected chi connectivity index (χ1v) is 9.33. The van der Waals surface area contributed by atoms with Crippen LogP contribution in [0.15, 0.2) is 34.2 Å². The Morgan fingerprint density at radius 2 is 2.17 bits per heavy atom. The molecule has 0 aliphatic rings. The second-order valence-corrected chi connectivity index (χ2v) is 7.30. The Morgan fingerprint density at radius 1 is 1.39 bits per heavy atom. The summed E-state index contributed by atoms with van der Waals surface area (Å²) in [5, 5.41) is 3.36. The molecule has 1 heterocycles. The molecule has 2 aromatic rings. The number of nitrogens with zero attached hydrogens (tertiary/aromatic N) is 1. The van der Waals surface area contributed by atoms with Gasteiger partial charge in [0.2, 0.25) is 5.91 Å². The van der Waals surface area contributed by atoms with E-state index >= 15 is 0 Å². The number of thioether (sulfide) groups is 1. The number of aromatic amines is 1. The molecule has 0 saturated heterocycles. The SMILES string of the molecule is CCCc1cc(=O)[nH]c(SCC(=O)Nc2ccc(I)cc2C)n1. The van der Waals surface area contributed by atoms with Crippen LogP contribution in [0.3, 0.4) is 0 Å². The summed E-state index contributed by atoms with van der Waals surface area (Å²) >= 11 is 3.46. The maximum atomic E-state index is 12.1. The molecule has 23 heavy (non-hydrogen) atoms. The molecule has 1 aromatic heterocycles. The molecule has 0 aliphatic carbocycles. The molecular formula is C16H18IN3O2S. The van der Waals surface area contributed by atoms with Crippen molar-refractivity contribution in [3.05, 3.63) is 49.4 Å². The number of halogens is 1. The van der Waals surface area contributed by atoms with Crippen molar-refractivity contribution in [3.8, 4) is 0 Å². The Hall–Kier alpha value is -1.35. The lowest BCUT2D eigenvalue weighted by Crippen LogP contribution is -2.16. The van der Waals surface area contributed by atoms with Gasteiger partial charge in [-0.1, -0.05) is 25.1 Å². The van der Waals surface area contributed by atoms with E-state index in [-0.39, 0.29) is 17.2 Å². The van der Waals surface area contributed by atoms with Crippen LogP contribution in [0.2, 0.25) is 0 Å². The Bertz CT molecular complexity index is 761. The number of aryl methyl sites for hydroxylation is 2. The number of aromatic nitrogens is 2. The predicted octanol–water partition coefficient (Wildman–Crippen LogP) is 3.37. The molecule has 1 amide bonds. The number of carbonyl (C=O) groups excluding carboxylic acids is 1. The number of H-pyrrole nitrogens is 1. The molecule has 7 heteroatoms. The van der Waals surface area contributed by atoms with Gasteiger partial charge in [0.05, 0.1) is 5.75 Å². The molecule has 0 radical (unpaired) electrons. The normalized spacial score (nSPS) is 10.6.